The van der Waals surface area contributed by atoms with Gasteiger partial charge in [-0.15, -0.1) is 0 Å². The van der Waals surface area contributed by atoms with E-state index in [-0.39, 0.29) is 11.4 Å². The van der Waals surface area contributed by atoms with E-state index in [1.165, 1.54) is 0 Å². The largest absolute Gasteiger partial charge is 0.379 e. The number of anilines is 2. The zero-order valence-electron chi connectivity index (χ0n) is 18.6. The molecule has 0 atom stereocenters. The maximum atomic E-state index is 12.3. The van der Waals surface area contributed by atoms with Crippen molar-refractivity contribution in [1.82, 2.24) is 24.4 Å². The highest BCUT2D eigenvalue weighted by molar-refractivity contribution is 6.04. The monoisotopic (exact) mass is 433 g/mol. The van der Waals surface area contributed by atoms with Gasteiger partial charge in [0.1, 0.15) is 12.1 Å². The smallest absolute Gasteiger partial charge is 0.300 e. The molecule has 0 spiro atoms. The summed E-state index contributed by atoms with van der Waals surface area (Å²) in [5, 5.41) is 6.16. The van der Waals surface area contributed by atoms with Crippen LogP contribution in [-0.4, -0.2) is 68.7 Å². The second kappa shape index (κ2) is 9.34. The lowest BCUT2D eigenvalue weighted by atomic mass is 10.1. The molecular weight excluding hydrogens is 406 g/mol. The molecule has 32 heavy (non-hydrogen) atoms. The Labute approximate surface area is 187 Å². The molecule has 0 saturated carbocycles. The number of nitrogens with zero attached hydrogens (tertiary/aromatic N) is 5. The predicted octanol–water partition coefficient (Wildman–Crippen LogP) is 2.30. The summed E-state index contributed by atoms with van der Waals surface area (Å²) in [5.74, 6) is 6.56. The minimum absolute atomic E-state index is 0.134. The number of amides is 1. The summed E-state index contributed by atoms with van der Waals surface area (Å²) in [4.78, 5) is 27.8. The van der Waals surface area contributed by atoms with Crippen molar-refractivity contribution in [2.45, 2.75) is 26.3 Å². The van der Waals surface area contributed by atoms with Crippen molar-refractivity contribution in [2.75, 3.05) is 43.5 Å². The molecule has 1 aromatic carbocycles. The van der Waals surface area contributed by atoms with Gasteiger partial charge in [-0.05, 0) is 44.9 Å². The fraction of sp³-hybridized carbons (Fsp3) is 0.391. The molecular formula is C23H27N7O2. The van der Waals surface area contributed by atoms with Crippen molar-refractivity contribution in [3.8, 4) is 17.7 Å². The number of fused-ring (bicyclic) bond motifs is 1. The molecule has 4 rings (SSSR count). The first-order valence-corrected chi connectivity index (χ1v) is 10.5. The summed E-state index contributed by atoms with van der Waals surface area (Å²) in [6, 6.07) is 5.52. The molecule has 1 aliphatic heterocycles. The van der Waals surface area contributed by atoms with Crippen LogP contribution in [-0.2, 0) is 9.53 Å². The maximum Gasteiger partial charge on any atom is 0.300 e. The zero-order valence-corrected chi connectivity index (χ0v) is 18.6. The van der Waals surface area contributed by atoms with Crippen molar-refractivity contribution < 1.29 is 9.53 Å². The Bertz CT molecular complexity index is 1160. The molecule has 1 aliphatic rings. The molecule has 9 heteroatoms. The van der Waals surface area contributed by atoms with Crippen molar-refractivity contribution in [3.63, 3.8) is 0 Å². The Kier molecular flexibility index (Phi) is 6.35. The highest BCUT2D eigenvalue weighted by Crippen LogP contribution is 2.22. The van der Waals surface area contributed by atoms with Crippen LogP contribution in [0.4, 0.5) is 11.5 Å². The van der Waals surface area contributed by atoms with Gasteiger partial charge in [-0.1, -0.05) is 5.92 Å². The molecule has 0 bridgehead atoms. The Morgan fingerprint density at radius 1 is 1.22 bits per heavy atom. The number of benzene rings is 1. The van der Waals surface area contributed by atoms with Gasteiger partial charge >= 0.3 is 0 Å². The summed E-state index contributed by atoms with van der Waals surface area (Å²) in [7, 11) is 0. The van der Waals surface area contributed by atoms with E-state index < -0.39 is 0 Å². The third kappa shape index (κ3) is 5.60. The lowest BCUT2D eigenvalue weighted by Gasteiger charge is -2.24. The molecule has 1 saturated heterocycles. The third-order valence-electron chi connectivity index (χ3n) is 4.79. The summed E-state index contributed by atoms with van der Waals surface area (Å²) in [6.07, 6.45) is 5.07. The van der Waals surface area contributed by atoms with Gasteiger partial charge in [0.25, 0.3) is 5.91 Å². The van der Waals surface area contributed by atoms with Gasteiger partial charge in [-0.3, -0.25) is 19.2 Å². The Balaban J connectivity index is 1.49. The van der Waals surface area contributed by atoms with E-state index in [1.54, 1.807) is 18.7 Å². The number of hydrogen-bond acceptors (Lipinski definition) is 7. The van der Waals surface area contributed by atoms with Crippen molar-refractivity contribution in [3.05, 3.63) is 36.9 Å². The lowest BCUT2D eigenvalue weighted by Crippen LogP contribution is -2.36. The van der Waals surface area contributed by atoms with Gasteiger partial charge in [-0.25, -0.2) is 9.97 Å². The number of rotatable bonds is 4. The van der Waals surface area contributed by atoms with E-state index in [0.29, 0.717) is 37.1 Å². The fourth-order valence-electron chi connectivity index (χ4n) is 3.34. The van der Waals surface area contributed by atoms with E-state index in [2.05, 4.69) is 63.1 Å². The number of imidazole rings is 1. The number of hydrogen-bond donors (Lipinski definition) is 2. The van der Waals surface area contributed by atoms with Gasteiger partial charge in [0.05, 0.1) is 43.2 Å². The van der Waals surface area contributed by atoms with Crippen LogP contribution >= 0.6 is 0 Å². The van der Waals surface area contributed by atoms with E-state index in [9.17, 15) is 4.79 Å². The highest BCUT2D eigenvalue weighted by Gasteiger charge is 2.13. The van der Waals surface area contributed by atoms with Crippen LogP contribution in [0.25, 0.3) is 16.9 Å². The van der Waals surface area contributed by atoms with Gasteiger partial charge < -0.3 is 15.4 Å². The van der Waals surface area contributed by atoms with Gasteiger partial charge in [0, 0.05) is 24.3 Å². The van der Waals surface area contributed by atoms with Crippen molar-refractivity contribution in [2.24, 2.45) is 0 Å². The molecule has 2 N–H and O–H groups in total. The van der Waals surface area contributed by atoms with Gasteiger partial charge in [-0.2, -0.15) is 0 Å². The van der Waals surface area contributed by atoms with Crippen molar-refractivity contribution in [1.29, 1.82) is 0 Å². The van der Waals surface area contributed by atoms with Crippen LogP contribution in [0, 0.1) is 11.8 Å². The van der Waals surface area contributed by atoms with Crippen LogP contribution < -0.4 is 10.6 Å². The van der Waals surface area contributed by atoms with E-state index in [1.807, 2.05) is 22.8 Å². The normalized spacial score (nSPS) is 14.6. The molecule has 0 unspecified atom stereocenters. The maximum absolute atomic E-state index is 12.3. The fourth-order valence-corrected chi connectivity index (χ4v) is 3.34. The minimum Gasteiger partial charge on any atom is -0.379 e. The number of carbonyl (C=O) groups excluding carboxylic acids is 1. The predicted molar refractivity (Wildman–Crippen MR) is 124 cm³/mol. The van der Waals surface area contributed by atoms with Crippen LogP contribution in [0.2, 0.25) is 0 Å². The number of morpholine rings is 1. The van der Waals surface area contributed by atoms with E-state index in [4.69, 9.17) is 4.74 Å². The molecule has 9 nitrogen and oxygen atoms in total. The van der Waals surface area contributed by atoms with Gasteiger partial charge in [0.2, 0.25) is 0 Å². The number of ether oxygens (including phenoxy) is 1. The first kappa shape index (κ1) is 21.7. The Hall–Kier alpha value is -3.48. The molecule has 0 aliphatic carbocycles. The summed E-state index contributed by atoms with van der Waals surface area (Å²) in [5.41, 5.74) is 2.11. The molecule has 166 valence electrons. The second-order valence-corrected chi connectivity index (χ2v) is 8.60. The summed E-state index contributed by atoms with van der Waals surface area (Å²) < 4.78 is 7.16. The first-order chi connectivity index (χ1) is 15.4. The van der Waals surface area contributed by atoms with Crippen LogP contribution in [0.15, 0.2) is 36.9 Å². The van der Waals surface area contributed by atoms with E-state index in [0.717, 1.165) is 24.1 Å². The van der Waals surface area contributed by atoms with Crippen LogP contribution in [0.1, 0.15) is 20.8 Å². The summed E-state index contributed by atoms with van der Waals surface area (Å²) >= 11 is 0. The molecule has 1 amide bonds. The zero-order chi connectivity index (χ0) is 22.6. The average Bonchev–Trinajstić information content (AvgIpc) is 3.17. The van der Waals surface area contributed by atoms with Gasteiger partial charge in [0.15, 0.2) is 5.82 Å². The Morgan fingerprint density at radius 2 is 2.03 bits per heavy atom. The standard InChI is InChI=1S/C23H27N7O2/c1-23(2,3)28-20-14-24-15-21(27-20)30-16-25-18-7-6-17(13-19(18)30)26-22(31)5-4-8-29-9-11-32-12-10-29/h6-7,13-16H,8-12H2,1-3H3,(H,26,31)(H,27,28). The first-order valence-electron chi connectivity index (χ1n) is 10.5. The number of nitrogens with one attached hydrogen (secondary N) is 2. The quantitative estimate of drug-likeness (QED) is 0.610. The molecule has 2 aromatic heterocycles. The molecule has 1 fully saturated rings. The number of aromatic nitrogens is 4. The highest BCUT2D eigenvalue weighted by atomic mass is 16.5. The van der Waals surface area contributed by atoms with Crippen LogP contribution in [0.3, 0.4) is 0 Å². The third-order valence-corrected chi connectivity index (χ3v) is 4.79. The lowest BCUT2D eigenvalue weighted by molar-refractivity contribution is -0.111. The summed E-state index contributed by atoms with van der Waals surface area (Å²) in [6.45, 7) is 9.84. The molecule has 3 aromatic rings. The van der Waals surface area contributed by atoms with Crippen molar-refractivity contribution >= 4 is 28.4 Å². The molecule has 0 radical (unpaired) electrons. The Morgan fingerprint density at radius 3 is 2.81 bits per heavy atom. The van der Waals surface area contributed by atoms with E-state index >= 15 is 0 Å². The average molecular weight is 434 g/mol. The van der Waals surface area contributed by atoms with Crippen LogP contribution in [0.5, 0.6) is 0 Å². The molecule has 3 heterocycles. The topological polar surface area (TPSA) is 97.2 Å². The minimum atomic E-state index is -0.347. The second-order valence-electron chi connectivity index (χ2n) is 8.60. The number of carbonyl (C=O) groups is 1. The SMILES string of the molecule is CC(C)(C)Nc1cncc(-n2cnc3ccc(NC(=O)C#CCN4CCOCC4)cc32)n1.